The number of H-pyrrole nitrogens is 1. The first-order valence-electron chi connectivity index (χ1n) is 15.1. The molecule has 226 valence electrons. The number of nitrogens with zero attached hydrogens (tertiary/aromatic N) is 5. The summed E-state index contributed by atoms with van der Waals surface area (Å²) in [7, 11) is 0. The Labute approximate surface area is 259 Å². The smallest absolute Gasteiger partial charge is 0.237 e. The Bertz CT molecular complexity index is 1870. The second-order valence-corrected chi connectivity index (χ2v) is 11.5. The van der Waals surface area contributed by atoms with E-state index in [0.717, 1.165) is 34.0 Å². The number of fused-ring (bicyclic) bond motifs is 1. The second-order valence-electron chi connectivity index (χ2n) is 11.5. The molecule has 9 nitrogen and oxygen atoms in total. The van der Waals surface area contributed by atoms with E-state index in [1.807, 2.05) is 35.2 Å². The Morgan fingerprint density at radius 2 is 1.69 bits per heavy atom. The van der Waals surface area contributed by atoms with Crippen molar-refractivity contribution >= 4 is 34.0 Å². The zero-order chi connectivity index (χ0) is 30.8. The van der Waals surface area contributed by atoms with Crippen molar-refractivity contribution in [3.8, 4) is 22.6 Å². The van der Waals surface area contributed by atoms with Crippen LogP contribution in [0.4, 0.5) is 10.1 Å². The monoisotopic (exact) mass is 601 g/mol. The van der Waals surface area contributed by atoms with E-state index in [1.165, 1.54) is 17.7 Å². The minimum Gasteiger partial charge on any atom is -0.338 e. The highest BCUT2D eigenvalue weighted by molar-refractivity contribution is 5.99. The van der Waals surface area contributed by atoms with Gasteiger partial charge in [0.1, 0.15) is 5.82 Å². The number of amides is 2. The highest BCUT2D eigenvalue weighted by Gasteiger charge is 2.31. The Hall–Kier alpha value is -5.22. The lowest BCUT2D eigenvalue weighted by atomic mass is 9.98. The van der Waals surface area contributed by atoms with Gasteiger partial charge in [0, 0.05) is 54.2 Å². The molecule has 0 aliphatic carbocycles. The number of aromatic amines is 1. The van der Waals surface area contributed by atoms with Gasteiger partial charge in [0.2, 0.25) is 11.8 Å². The van der Waals surface area contributed by atoms with Crippen LogP contribution in [-0.2, 0) is 9.59 Å². The number of hydrogen-bond donors (Lipinski definition) is 2. The number of nitrogens with one attached hydrogen (secondary N) is 2. The van der Waals surface area contributed by atoms with E-state index in [4.69, 9.17) is 0 Å². The SMILES string of the molecule is O=C(Nc1ccc2[nH]nc(-c3ccc(F)cc3)c2c1)C1CCN(CC(=O)N2CC=C(c3ccc(-c4ncccn4)cc3)CC2)C1. The summed E-state index contributed by atoms with van der Waals surface area (Å²) < 4.78 is 13.4. The molecule has 3 aromatic carbocycles. The van der Waals surface area contributed by atoms with Crippen molar-refractivity contribution in [1.82, 2.24) is 30.0 Å². The van der Waals surface area contributed by atoms with Gasteiger partial charge in [-0.25, -0.2) is 14.4 Å². The molecule has 1 saturated heterocycles. The lowest BCUT2D eigenvalue weighted by Gasteiger charge is -2.28. The van der Waals surface area contributed by atoms with Gasteiger partial charge in [-0.2, -0.15) is 5.10 Å². The average Bonchev–Trinajstić information content (AvgIpc) is 3.73. The third kappa shape index (κ3) is 6.23. The molecule has 1 unspecified atom stereocenters. The molecule has 2 N–H and O–H groups in total. The molecule has 1 atom stereocenters. The van der Waals surface area contributed by atoms with Crippen LogP contribution in [0.15, 0.2) is 91.3 Å². The number of halogens is 1. The fourth-order valence-corrected chi connectivity index (χ4v) is 6.08. The Balaban J connectivity index is 0.920. The van der Waals surface area contributed by atoms with Crippen molar-refractivity contribution in [3.63, 3.8) is 0 Å². The largest absolute Gasteiger partial charge is 0.338 e. The van der Waals surface area contributed by atoms with Crippen molar-refractivity contribution in [1.29, 1.82) is 0 Å². The summed E-state index contributed by atoms with van der Waals surface area (Å²) in [5.74, 6) is 0.214. The summed E-state index contributed by atoms with van der Waals surface area (Å²) in [5.41, 5.74) is 6.34. The van der Waals surface area contributed by atoms with Crippen LogP contribution in [0.5, 0.6) is 0 Å². The normalized spacial score (nSPS) is 17.0. The van der Waals surface area contributed by atoms with Gasteiger partial charge in [-0.1, -0.05) is 30.3 Å². The van der Waals surface area contributed by atoms with E-state index in [9.17, 15) is 14.0 Å². The fourth-order valence-electron chi connectivity index (χ4n) is 6.08. The summed E-state index contributed by atoms with van der Waals surface area (Å²) in [6.45, 7) is 2.79. The summed E-state index contributed by atoms with van der Waals surface area (Å²) in [5, 5.41) is 11.3. The van der Waals surface area contributed by atoms with Crippen LogP contribution in [0.3, 0.4) is 0 Å². The number of aromatic nitrogens is 4. The first-order valence-corrected chi connectivity index (χ1v) is 15.1. The Morgan fingerprint density at radius 1 is 0.933 bits per heavy atom. The van der Waals surface area contributed by atoms with Crippen molar-refractivity contribution < 1.29 is 14.0 Å². The molecule has 2 aliphatic rings. The predicted molar refractivity (Wildman–Crippen MR) is 171 cm³/mol. The standard InChI is InChI=1S/C35H32FN7O2/c36-28-8-6-25(7-9-28)33-30-20-29(10-11-31(30)40-41-33)39-35(45)27-12-17-42(21-27)22-32(44)43-18-13-24(14-19-43)23-2-4-26(5-3-23)34-37-15-1-16-38-34/h1-11,13,15-16,20,27H,12,14,17-19,21-22H2,(H,39,45)(H,40,41). The average molecular weight is 602 g/mol. The molecule has 7 rings (SSSR count). The van der Waals surface area contributed by atoms with Crippen LogP contribution in [-0.4, -0.2) is 74.5 Å². The molecule has 0 bridgehead atoms. The molecular weight excluding hydrogens is 569 g/mol. The molecule has 4 heterocycles. The minimum atomic E-state index is -0.307. The van der Waals surface area contributed by atoms with Gasteiger partial charge in [0.25, 0.3) is 0 Å². The molecule has 2 amide bonds. The van der Waals surface area contributed by atoms with Crippen molar-refractivity contribution in [3.05, 3.63) is 103 Å². The number of likely N-dealkylation sites (tertiary alicyclic amines) is 1. The Kier molecular flexibility index (Phi) is 7.87. The van der Waals surface area contributed by atoms with Crippen molar-refractivity contribution in [2.75, 3.05) is 38.0 Å². The molecule has 0 saturated carbocycles. The van der Waals surface area contributed by atoms with Crippen LogP contribution in [0.2, 0.25) is 0 Å². The molecule has 2 aliphatic heterocycles. The molecule has 5 aromatic rings. The van der Waals surface area contributed by atoms with Crippen LogP contribution in [0.25, 0.3) is 39.1 Å². The molecule has 2 aromatic heterocycles. The Morgan fingerprint density at radius 3 is 2.44 bits per heavy atom. The van der Waals surface area contributed by atoms with E-state index in [0.29, 0.717) is 56.4 Å². The quantitative estimate of drug-likeness (QED) is 0.259. The van der Waals surface area contributed by atoms with E-state index in [1.54, 1.807) is 30.6 Å². The summed E-state index contributed by atoms with van der Waals surface area (Å²) in [6.07, 6.45) is 7.09. The number of carbonyl (C=O) groups excluding carboxylic acids is 2. The number of carbonyl (C=O) groups is 2. The van der Waals surface area contributed by atoms with Gasteiger partial charge >= 0.3 is 0 Å². The zero-order valence-corrected chi connectivity index (χ0v) is 24.6. The second kappa shape index (κ2) is 12.4. The van der Waals surface area contributed by atoms with Crippen LogP contribution in [0.1, 0.15) is 18.4 Å². The topological polar surface area (TPSA) is 107 Å². The first-order chi connectivity index (χ1) is 22.0. The maximum absolute atomic E-state index is 13.4. The highest BCUT2D eigenvalue weighted by atomic mass is 19.1. The fraction of sp³-hybridized carbons (Fsp3) is 0.229. The summed E-state index contributed by atoms with van der Waals surface area (Å²) in [6, 6.07) is 21.8. The summed E-state index contributed by atoms with van der Waals surface area (Å²) >= 11 is 0. The number of hydrogen-bond acceptors (Lipinski definition) is 6. The first kappa shape index (κ1) is 28.5. The number of anilines is 1. The van der Waals surface area contributed by atoms with Gasteiger partial charge in [0.05, 0.1) is 23.7 Å². The van der Waals surface area contributed by atoms with Gasteiger partial charge in [-0.3, -0.25) is 19.6 Å². The van der Waals surface area contributed by atoms with E-state index >= 15 is 0 Å². The van der Waals surface area contributed by atoms with Gasteiger partial charge in [-0.15, -0.1) is 0 Å². The van der Waals surface area contributed by atoms with Gasteiger partial charge in [0.15, 0.2) is 5.82 Å². The van der Waals surface area contributed by atoms with Gasteiger partial charge < -0.3 is 10.2 Å². The predicted octanol–water partition coefficient (Wildman–Crippen LogP) is 5.40. The molecule has 1 fully saturated rings. The van der Waals surface area contributed by atoms with Crippen LogP contribution < -0.4 is 5.32 Å². The molecule has 0 radical (unpaired) electrons. The summed E-state index contributed by atoms with van der Waals surface area (Å²) in [4.78, 5) is 38.9. The lowest BCUT2D eigenvalue weighted by Crippen LogP contribution is -2.41. The highest BCUT2D eigenvalue weighted by Crippen LogP contribution is 2.30. The maximum atomic E-state index is 13.4. The van der Waals surface area contributed by atoms with E-state index in [2.05, 4.69) is 48.6 Å². The molecule has 10 heteroatoms. The molecular formula is C35H32FN7O2. The maximum Gasteiger partial charge on any atom is 0.237 e. The lowest BCUT2D eigenvalue weighted by molar-refractivity contribution is -0.132. The van der Waals surface area contributed by atoms with Crippen LogP contribution in [0, 0.1) is 11.7 Å². The van der Waals surface area contributed by atoms with E-state index in [-0.39, 0.29) is 23.5 Å². The third-order valence-corrected chi connectivity index (χ3v) is 8.59. The number of benzene rings is 3. The number of rotatable bonds is 7. The van der Waals surface area contributed by atoms with Crippen LogP contribution >= 0.6 is 0 Å². The molecule has 0 spiro atoms. The van der Waals surface area contributed by atoms with Crippen molar-refractivity contribution in [2.45, 2.75) is 12.8 Å². The van der Waals surface area contributed by atoms with Gasteiger partial charge in [-0.05, 0) is 79.1 Å². The third-order valence-electron chi connectivity index (χ3n) is 8.59. The zero-order valence-electron chi connectivity index (χ0n) is 24.6. The van der Waals surface area contributed by atoms with Crippen molar-refractivity contribution in [2.24, 2.45) is 5.92 Å². The minimum absolute atomic E-state index is 0.0634. The molecule has 45 heavy (non-hydrogen) atoms. The van der Waals surface area contributed by atoms with E-state index < -0.39 is 0 Å².